The van der Waals surface area contributed by atoms with E-state index < -0.39 is 5.92 Å². The van der Waals surface area contributed by atoms with Crippen molar-refractivity contribution in [1.82, 2.24) is 4.90 Å². The third kappa shape index (κ3) is 2.98. The third-order valence-corrected chi connectivity index (χ3v) is 4.87. The summed E-state index contributed by atoms with van der Waals surface area (Å²) < 4.78 is 11.1. The molecule has 0 spiro atoms. The van der Waals surface area contributed by atoms with Crippen LogP contribution in [0.25, 0.3) is 0 Å². The SMILES string of the molecule is CN1C(=O)C[C@@H](C(=O)Nc2ccc3c(c2)OCCO3)[C@@H]1c1ccccc1. The van der Waals surface area contributed by atoms with Gasteiger partial charge in [0.15, 0.2) is 11.5 Å². The van der Waals surface area contributed by atoms with Crippen molar-refractivity contribution in [2.75, 3.05) is 25.6 Å². The van der Waals surface area contributed by atoms with E-state index in [2.05, 4.69) is 5.32 Å². The molecule has 0 bridgehead atoms. The van der Waals surface area contributed by atoms with Crippen molar-refractivity contribution in [2.24, 2.45) is 5.92 Å². The Bertz CT molecular complexity index is 837. The van der Waals surface area contributed by atoms with E-state index in [4.69, 9.17) is 9.47 Å². The van der Waals surface area contributed by atoms with Crippen molar-refractivity contribution >= 4 is 17.5 Å². The highest BCUT2D eigenvalue weighted by Crippen LogP contribution is 2.38. The number of ether oxygens (including phenoxy) is 2. The number of hydrogen-bond donors (Lipinski definition) is 1. The molecule has 6 nitrogen and oxygen atoms in total. The van der Waals surface area contributed by atoms with Crippen LogP contribution in [-0.2, 0) is 9.59 Å². The van der Waals surface area contributed by atoms with Crippen LogP contribution in [0.1, 0.15) is 18.0 Å². The van der Waals surface area contributed by atoms with E-state index in [1.807, 2.05) is 30.3 Å². The molecule has 1 fully saturated rings. The molecule has 4 rings (SSSR count). The second-order valence-electron chi connectivity index (χ2n) is 6.52. The Labute approximate surface area is 151 Å². The summed E-state index contributed by atoms with van der Waals surface area (Å²) in [4.78, 5) is 26.8. The minimum atomic E-state index is -0.442. The molecule has 2 aliphatic rings. The molecule has 1 N–H and O–H groups in total. The Morgan fingerprint density at radius 2 is 1.81 bits per heavy atom. The number of anilines is 1. The summed E-state index contributed by atoms with van der Waals surface area (Å²) in [6, 6.07) is 14.7. The van der Waals surface area contributed by atoms with Crippen LogP contribution in [-0.4, -0.2) is 37.0 Å². The molecule has 2 aromatic carbocycles. The highest BCUT2D eigenvalue weighted by molar-refractivity contribution is 5.98. The second kappa shape index (κ2) is 6.71. The van der Waals surface area contributed by atoms with Gasteiger partial charge in [-0.2, -0.15) is 0 Å². The summed E-state index contributed by atoms with van der Waals surface area (Å²) in [6.07, 6.45) is 0.201. The van der Waals surface area contributed by atoms with Crippen molar-refractivity contribution in [3.63, 3.8) is 0 Å². The van der Waals surface area contributed by atoms with Gasteiger partial charge < -0.3 is 19.7 Å². The summed E-state index contributed by atoms with van der Waals surface area (Å²) in [5.74, 6) is 0.651. The molecule has 2 heterocycles. The van der Waals surface area contributed by atoms with E-state index in [1.165, 1.54) is 0 Å². The predicted octanol–water partition coefficient (Wildman–Crippen LogP) is 2.62. The largest absolute Gasteiger partial charge is 0.486 e. The second-order valence-corrected chi connectivity index (χ2v) is 6.52. The number of hydrogen-bond acceptors (Lipinski definition) is 4. The van der Waals surface area contributed by atoms with Crippen LogP contribution < -0.4 is 14.8 Å². The lowest BCUT2D eigenvalue weighted by Gasteiger charge is -2.25. The van der Waals surface area contributed by atoms with Crippen LogP contribution in [0.3, 0.4) is 0 Å². The first kappa shape index (κ1) is 16.4. The maximum atomic E-state index is 12.9. The molecule has 2 aliphatic heterocycles. The van der Waals surface area contributed by atoms with Crippen LogP contribution in [0.4, 0.5) is 5.69 Å². The normalized spacial score (nSPS) is 21.6. The monoisotopic (exact) mass is 352 g/mol. The molecule has 134 valence electrons. The topological polar surface area (TPSA) is 67.9 Å². The maximum Gasteiger partial charge on any atom is 0.230 e. The lowest BCUT2D eigenvalue weighted by atomic mass is 9.93. The van der Waals surface area contributed by atoms with Crippen molar-refractivity contribution in [2.45, 2.75) is 12.5 Å². The Hall–Kier alpha value is -3.02. The van der Waals surface area contributed by atoms with Gasteiger partial charge in [0.2, 0.25) is 11.8 Å². The number of fused-ring (bicyclic) bond motifs is 1. The van der Waals surface area contributed by atoms with Crippen LogP contribution in [0.15, 0.2) is 48.5 Å². The molecule has 0 saturated carbocycles. The van der Waals surface area contributed by atoms with Crippen molar-refractivity contribution in [3.05, 3.63) is 54.1 Å². The molecular weight excluding hydrogens is 332 g/mol. The van der Waals surface area contributed by atoms with Crippen LogP contribution in [0.2, 0.25) is 0 Å². The number of likely N-dealkylation sites (tertiary alicyclic amines) is 1. The number of benzene rings is 2. The number of rotatable bonds is 3. The molecule has 1 saturated heterocycles. The molecule has 0 unspecified atom stereocenters. The summed E-state index contributed by atoms with van der Waals surface area (Å²) in [5, 5.41) is 2.92. The van der Waals surface area contributed by atoms with Gasteiger partial charge in [0.1, 0.15) is 13.2 Å². The average molecular weight is 352 g/mol. The highest BCUT2D eigenvalue weighted by atomic mass is 16.6. The maximum absolute atomic E-state index is 12.9. The molecule has 0 aromatic heterocycles. The minimum absolute atomic E-state index is 0.0267. The Morgan fingerprint density at radius 1 is 1.08 bits per heavy atom. The smallest absolute Gasteiger partial charge is 0.230 e. The van der Waals surface area contributed by atoms with Crippen molar-refractivity contribution in [1.29, 1.82) is 0 Å². The Kier molecular flexibility index (Phi) is 4.24. The average Bonchev–Trinajstić information content (AvgIpc) is 2.97. The third-order valence-electron chi connectivity index (χ3n) is 4.87. The zero-order valence-corrected chi connectivity index (χ0v) is 14.5. The summed E-state index contributed by atoms with van der Waals surface area (Å²) >= 11 is 0. The lowest BCUT2D eigenvalue weighted by molar-refractivity contribution is -0.127. The summed E-state index contributed by atoms with van der Waals surface area (Å²) in [7, 11) is 1.75. The molecule has 2 atom stereocenters. The van der Waals surface area contributed by atoms with E-state index in [-0.39, 0.29) is 24.3 Å². The van der Waals surface area contributed by atoms with E-state index in [0.717, 1.165) is 5.56 Å². The first-order valence-electron chi connectivity index (χ1n) is 8.64. The Morgan fingerprint density at radius 3 is 2.58 bits per heavy atom. The van der Waals surface area contributed by atoms with E-state index in [1.54, 1.807) is 30.1 Å². The van der Waals surface area contributed by atoms with Crippen molar-refractivity contribution in [3.8, 4) is 11.5 Å². The molecule has 6 heteroatoms. The molecule has 2 amide bonds. The fraction of sp³-hybridized carbons (Fsp3) is 0.300. The quantitative estimate of drug-likeness (QED) is 0.922. The summed E-state index contributed by atoms with van der Waals surface area (Å²) in [5.41, 5.74) is 1.59. The van der Waals surface area contributed by atoms with Gasteiger partial charge in [-0.25, -0.2) is 0 Å². The first-order valence-corrected chi connectivity index (χ1v) is 8.64. The van der Waals surface area contributed by atoms with Gasteiger partial charge in [-0.1, -0.05) is 30.3 Å². The fourth-order valence-electron chi connectivity index (χ4n) is 3.57. The van der Waals surface area contributed by atoms with E-state index in [0.29, 0.717) is 30.4 Å². The van der Waals surface area contributed by atoms with E-state index in [9.17, 15) is 9.59 Å². The number of carbonyl (C=O) groups excluding carboxylic acids is 2. The van der Waals surface area contributed by atoms with Crippen LogP contribution >= 0.6 is 0 Å². The van der Waals surface area contributed by atoms with Gasteiger partial charge in [-0.15, -0.1) is 0 Å². The number of nitrogens with zero attached hydrogens (tertiary/aromatic N) is 1. The van der Waals surface area contributed by atoms with Gasteiger partial charge in [0, 0.05) is 25.2 Å². The minimum Gasteiger partial charge on any atom is -0.486 e. The van der Waals surface area contributed by atoms with Gasteiger partial charge >= 0.3 is 0 Å². The number of carbonyl (C=O) groups is 2. The predicted molar refractivity (Wildman–Crippen MR) is 96.1 cm³/mol. The summed E-state index contributed by atoms with van der Waals surface area (Å²) in [6.45, 7) is 1.01. The first-order chi connectivity index (χ1) is 12.6. The molecule has 0 radical (unpaired) electrons. The molecule has 0 aliphatic carbocycles. The zero-order valence-electron chi connectivity index (χ0n) is 14.5. The van der Waals surface area contributed by atoms with Crippen LogP contribution in [0, 0.1) is 5.92 Å². The van der Waals surface area contributed by atoms with Gasteiger partial charge in [0.05, 0.1) is 12.0 Å². The van der Waals surface area contributed by atoms with E-state index >= 15 is 0 Å². The number of nitrogens with one attached hydrogen (secondary N) is 1. The Balaban J connectivity index is 1.56. The van der Waals surface area contributed by atoms with Gasteiger partial charge in [-0.3, -0.25) is 9.59 Å². The fourth-order valence-corrected chi connectivity index (χ4v) is 3.57. The molecule has 26 heavy (non-hydrogen) atoms. The van der Waals surface area contributed by atoms with Crippen molar-refractivity contribution < 1.29 is 19.1 Å². The lowest BCUT2D eigenvalue weighted by Crippen LogP contribution is -2.30. The molecule has 2 aromatic rings. The van der Waals surface area contributed by atoms with Crippen LogP contribution in [0.5, 0.6) is 11.5 Å². The molecular formula is C20H20N2O4. The number of amides is 2. The van der Waals surface area contributed by atoms with Gasteiger partial charge in [0.25, 0.3) is 0 Å². The highest BCUT2D eigenvalue weighted by Gasteiger charge is 2.42. The standard InChI is InChI=1S/C20H20N2O4/c1-22-18(23)12-15(19(22)13-5-3-2-4-6-13)20(24)21-14-7-8-16-17(11-14)26-10-9-25-16/h2-8,11,15,19H,9-10,12H2,1H3,(H,21,24)/t15-,19+/m1/s1. The zero-order chi connectivity index (χ0) is 18.1. The van der Waals surface area contributed by atoms with Gasteiger partial charge in [-0.05, 0) is 17.7 Å².